The minimum absolute atomic E-state index is 0.0229. The number of benzene rings is 3. The van der Waals surface area contributed by atoms with E-state index in [9.17, 15) is 13.2 Å². The number of amides is 1. The van der Waals surface area contributed by atoms with Crippen molar-refractivity contribution >= 4 is 44.2 Å². The number of ether oxygens (including phenoxy) is 1. The Morgan fingerprint density at radius 1 is 1.00 bits per heavy atom. The van der Waals surface area contributed by atoms with E-state index in [0.717, 1.165) is 11.1 Å². The molecule has 3 aromatic rings. The summed E-state index contributed by atoms with van der Waals surface area (Å²) in [7, 11) is 0.886. The minimum atomic E-state index is -3.92. The van der Waals surface area contributed by atoms with E-state index in [1.54, 1.807) is 56.6 Å². The first-order chi connectivity index (χ1) is 15.1. The standard InChI is InChI=1S/C24H25IN2O4S/c1-16(25)17-7-6-10-21(14-17)26-32(29,30)23-15-19(11-12-22(23)31-4)18-8-5-9-20(13-18)24(28)27(2)3/h5-16,26H,1-4H3/t16-/m0/s1. The summed E-state index contributed by atoms with van der Waals surface area (Å²) in [5.41, 5.74) is 3.42. The van der Waals surface area contributed by atoms with Gasteiger partial charge in [0.25, 0.3) is 15.9 Å². The van der Waals surface area contributed by atoms with Crippen molar-refractivity contribution in [3.05, 3.63) is 77.9 Å². The third kappa shape index (κ3) is 5.42. The molecule has 0 aromatic heterocycles. The molecule has 0 bridgehead atoms. The van der Waals surface area contributed by atoms with Crippen LogP contribution in [0.2, 0.25) is 0 Å². The van der Waals surface area contributed by atoms with Gasteiger partial charge in [-0.2, -0.15) is 0 Å². The molecule has 6 nitrogen and oxygen atoms in total. The van der Waals surface area contributed by atoms with Gasteiger partial charge in [-0.3, -0.25) is 9.52 Å². The Balaban J connectivity index is 2.02. The predicted octanol–water partition coefficient (Wildman–Crippen LogP) is 5.36. The van der Waals surface area contributed by atoms with Gasteiger partial charge in [-0.15, -0.1) is 0 Å². The van der Waals surface area contributed by atoms with Gasteiger partial charge in [0, 0.05) is 29.3 Å². The lowest BCUT2D eigenvalue weighted by molar-refractivity contribution is 0.0827. The highest BCUT2D eigenvalue weighted by Gasteiger charge is 2.21. The van der Waals surface area contributed by atoms with E-state index < -0.39 is 10.0 Å². The summed E-state index contributed by atoms with van der Waals surface area (Å²) >= 11 is 2.28. The first-order valence-electron chi connectivity index (χ1n) is 9.89. The van der Waals surface area contributed by atoms with Crippen molar-refractivity contribution in [2.45, 2.75) is 15.7 Å². The number of alkyl halides is 1. The molecule has 0 unspecified atom stereocenters. The quantitative estimate of drug-likeness (QED) is 0.310. The molecule has 0 aliphatic carbocycles. The number of anilines is 1. The number of hydrogen-bond acceptors (Lipinski definition) is 4. The molecule has 1 N–H and O–H groups in total. The zero-order chi connectivity index (χ0) is 23.5. The Bertz CT molecular complexity index is 1240. The van der Waals surface area contributed by atoms with E-state index >= 15 is 0 Å². The van der Waals surface area contributed by atoms with Crippen molar-refractivity contribution < 1.29 is 17.9 Å². The van der Waals surface area contributed by atoms with Crippen molar-refractivity contribution in [1.29, 1.82) is 0 Å². The fourth-order valence-electron chi connectivity index (χ4n) is 3.22. The first-order valence-corrected chi connectivity index (χ1v) is 12.6. The third-order valence-corrected chi connectivity index (χ3v) is 7.02. The van der Waals surface area contributed by atoms with Gasteiger partial charge in [0.15, 0.2) is 0 Å². The van der Waals surface area contributed by atoms with Gasteiger partial charge in [0.2, 0.25) is 0 Å². The predicted molar refractivity (Wildman–Crippen MR) is 136 cm³/mol. The topological polar surface area (TPSA) is 75.7 Å². The summed E-state index contributed by atoms with van der Waals surface area (Å²) in [6.07, 6.45) is 0. The van der Waals surface area contributed by atoms with E-state index in [1.165, 1.54) is 12.0 Å². The van der Waals surface area contributed by atoms with Crippen LogP contribution in [0.15, 0.2) is 71.6 Å². The summed E-state index contributed by atoms with van der Waals surface area (Å²) < 4.78 is 34.7. The van der Waals surface area contributed by atoms with Crippen molar-refractivity contribution in [2.24, 2.45) is 0 Å². The number of nitrogens with one attached hydrogen (secondary N) is 1. The van der Waals surface area contributed by atoms with Gasteiger partial charge in [-0.25, -0.2) is 8.42 Å². The summed E-state index contributed by atoms with van der Waals surface area (Å²) in [5, 5.41) is 0. The largest absolute Gasteiger partial charge is 0.495 e. The SMILES string of the molecule is COc1ccc(-c2cccc(C(=O)N(C)C)c2)cc1S(=O)(=O)Nc1cccc([C@H](C)I)c1. The second-order valence-corrected chi connectivity index (χ2v) is 11.0. The number of hydrogen-bond donors (Lipinski definition) is 1. The Kier molecular flexibility index (Phi) is 7.45. The lowest BCUT2D eigenvalue weighted by atomic mass is 10.0. The van der Waals surface area contributed by atoms with E-state index in [0.29, 0.717) is 16.8 Å². The molecule has 8 heteroatoms. The van der Waals surface area contributed by atoms with E-state index in [-0.39, 0.29) is 20.5 Å². The van der Waals surface area contributed by atoms with E-state index in [4.69, 9.17) is 4.74 Å². The number of nitrogens with zero attached hydrogens (tertiary/aromatic N) is 1. The number of rotatable bonds is 7. The van der Waals surface area contributed by atoms with Crippen molar-refractivity contribution in [3.8, 4) is 16.9 Å². The van der Waals surface area contributed by atoms with Crippen LogP contribution >= 0.6 is 22.6 Å². The summed E-state index contributed by atoms with van der Waals surface area (Å²) in [4.78, 5) is 13.9. The van der Waals surface area contributed by atoms with Crippen LogP contribution in [0.4, 0.5) is 5.69 Å². The van der Waals surface area contributed by atoms with Crippen LogP contribution < -0.4 is 9.46 Å². The van der Waals surface area contributed by atoms with Gasteiger partial charge in [0.05, 0.1) is 7.11 Å². The highest BCUT2D eigenvalue weighted by atomic mass is 127. The maximum absolute atomic E-state index is 13.3. The van der Waals surface area contributed by atoms with Crippen LogP contribution in [-0.4, -0.2) is 40.4 Å². The molecule has 0 fully saturated rings. The molecule has 3 rings (SSSR count). The van der Waals surface area contributed by atoms with Gasteiger partial charge in [-0.1, -0.05) is 52.9 Å². The third-order valence-electron chi connectivity index (χ3n) is 4.90. The molecule has 168 valence electrons. The summed E-state index contributed by atoms with van der Waals surface area (Å²) in [6.45, 7) is 2.04. The normalized spacial score (nSPS) is 12.2. The van der Waals surface area contributed by atoms with Gasteiger partial charge < -0.3 is 9.64 Å². The molecule has 0 aliphatic rings. The maximum atomic E-state index is 13.3. The maximum Gasteiger partial charge on any atom is 0.265 e. The Labute approximate surface area is 202 Å². The molecule has 1 amide bonds. The lowest BCUT2D eigenvalue weighted by Crippen LogP contribution is -2.21. The van der Waals surface area contributed by atoms with Crippen LogP contribution in [0.3, 0.4) is 0 Å². The highest BCUT2D eigenvalue weighted by Crippen LogP contribution is 2.32. The molecule has 32 heavy (non-hydrogen) atoms. The zero-order valence-electron chi connectivity index (χ0n) is 18.3. The summed E-state index contributed by atoms with van der Waals surface area (Å²) in [5.74, 6) is 0.111. The number of carbonyl (C=O) groups is 1. The van der Waals surface area contributed by atoms with Gasteiger partial charge in [-0.05, 0) is 60.0 Å². The molecule has 0 saturated carbocycles. The zero-order valence-corrected chi connectivity index (χ0v) is 21.3. The number of methoxy groups -OCH3 is 1. The fourth-order valence-corrected chi connectivity index (χ4v) is 4.85. The van der Waals surface area contributed by atoms with Crippen molar-refractivity contribution in [1.82, 2.24) is 4.90 Å². The smallest absolute Gasteiger partial charge is 0.265 e. The van der Waals surface area contributed by atoms with Crippen molar-refractivity contribution in [3.63, 3.8) is 0 Å². The second kappa shape index (κ2) is 9.91. The van der Waals surface area contributed by atoms with Gasteiger partial charge >= 0.3 is 0 Å². The van der Waals surface area contributed by atoms with Crippen molar-refractivity contribution in [2.75, 3.05) is 25.9 Å². The molecule has 0 aliphatic heterocycles. The average Bonchev–Trinajstić information content (AvgIpc) is 2.78. The molecule has 1 atom stereocenters. The monoisotopic (exact) mass is 564 g/mol. The van der Waals surface area contributed by atoms with Crippen LogP contribution in [0.1, 0.15) is 26.8 Å². The van der Waals surface area contributed by atoms with Crippen LogP contribution in [-0.2, 0) is 10.0 Å². The molecule has 3 aromatic carbocycles. The number of carbonyl (C=O) groups excluding carboxylic acids is 1. The first kappa shape index (κ1) is 24.1. The Hall–Kier alpha value is -2.59. The Morgan fingerprint density at radius 3 is 2.34 bits per heavy atom. The fraction of sp³-hybridized carbons (Fsp3) is 0.208. The second-order valence-electron chi connectivity index (χ2n) is 7.49. The average molecular weight is 564 g/mol. The van der Waals surface area contributed by atoms with Gasteiger partial charge in [0.1, 0.15) is 10.6 Å². The van der Waals surface area contributed by atoms with E-state index in [2.05, 4.69) is 27.3 Å². The summed E-state index contributed by atoms with van der Waals surface area (Å²) in [6, 6.07) is 19.4. The number of sulfonamides is 1. The molecule has 0 saturated heterocycles. The molecule has 0 spiro atoms. The van der Waals surface area contributed by atoms with Crippen LogP contribution in [0.25, 0.3) is 11.1 Å². The molecule has 0 radical (unpaired) electrons. The van der Waals surface area contributed by atoms with Crippen LogP contribution in [0, 0.1) is 0 Å². The van der Waals surface area contributed by atoms with E-state index in [1.807, 2.05) is 31.2 Å². The van der Waals surface area contributed by atoms with Crippen LogP contribution in [0.5, 0.6) is 5.75 Å². The molecular weight excluding hydrogens is 539 g/mol. The number of halogens is 1. The molecular formula is C24H25IN2O4S. The lowest BCUT2D eigenvalue weighted by Gasteiger charge is -2.15. The Morgan fingerprint density at radius 2 is 1.69 bits per heavy atom. The molecule has 0 heterocycles. The minimum Gasteiger partial charge on any atom is -0.495 e. The highest BCUT2D eigenvalue weighted by molar-refractivity contribution is 14.1.